The number of hydrogen-bond acceptors (Lipinski definition) is 7. The lowest BCUT2D eigenvalue weighted by Crippen LogP contribution is -2.63. The molecule has 0 aliphatic carbocycles. The van der Waals surface area contributed by atoms with E-state index in [1.165, 1.54) is 11.3 Å². The number of hydrogen-bond donors (Lipinski definition) is 0. The highest BCUT2D eigenvalue weighted by Crippen LogP contribution is 2.34. The number of carbonyl (C=O) groups excluding carboxylic acids is 1. The Bertz CT molecular complexity index is 1250. The third-order valence-corrected chi connectivity index (χ3v) is 7.19. The minimum atomic E-state index is 0.189. The van der Waals surface area contributed by atoms with Crippen LogP contribution in [0.1, 0.15) is 25.5 Å². The summed E-state index contributed by atoms with van der Waals surface area (Å²) in [6.07, 6.45) is 3.97. The fraction of sp³-hybridized carbons (Fsp3) is 0.348. The smallest absolute Gasteiger partial charge is 0.281 e. The molecule has 3 aliphatic rings. The summed E-state index contributed by atoms with van der Waals surface area (Å²) in [5.74, 6) is 1.83. The molecule has 3 fully saturated rings. The maximum absolute atomic E-state index is 11.9. The lowest BCUT2D eigenvalue weighted by Gasteiger charge is -2.51. The molecule has 6 heterocycles. The van der Waals surface area contributed by atoms with Crippen LogP contribution >= 0.6 is 11.3 Å². The first kappa shape index (κ1) is 18.8. The molecular weight excluding hydrogens is 412 g/mol. The number of nitrogens with zero attached hydrogens (tertiary/aromatic N) is 4. The molecule has 3 saturated heterocycles. The van der Waals surface area contributed by atoms with Gasteiger partial charge in [-0.1, -0.05) is 11.3 Å². The Morgan fingerprint density at radius 2 is 2.13 bits per heavy atom. The number of carbonyl (C=O) groups is 1. The van der Waals surface area contributed by atoms with E-state index in [2.05, 4.69) is 20.9 Å². The molecule has 0 spiro atoms. The van der Waals surface area contributed by atoms with Gasteiger partial charge in [-0.15, -0.1) is 0 Å². The van der Waals surface area contributed by atoms with E-state index in [1.807, 2.05) is 35.2 Å². The van der Waals surface area contributed by atoms with Gasteiger partial charge in [0.25, 0.3) is 5.19 Å². The van der Waals surface area contributed by atoms with Gasteiger partial charge in [0.05, 0.1) is 11.2 Å². The summed E-state index contributed by atoms with van der Waals surface area (Å²) in [5, 5.41) is 1.63. The van der Waals surface area contributed by atoms with E-state index < -0.39 is 0 Å². The lowest BCUT2D eigenvalue weighted by molar-refractivity contribution is -0.139. The van der Waals surface area contributed by atoms with Crippen molar-refractivity contribution in [3.63, 3.8) is 0 Å². The van der Waals surface area contributed by atoms with Gasteiger partial charge >= 0.3 is 0 Å². The number of fused-ring (bicyclic) bond motifs is 5. The van der Waals surface area contributed by atoms with Crippen molar-refractivity contribution in [3.8, 4) is 10.9 Å². The summed E-state index contributed by atoms with van der Waals surface area (Å²) in [6, 6.07) is 12.6. The standard InChI is InChI=1S/C23H22N4O3S/c1-14(28)27-12-16-5-6-17(27)11-26(16)13-19-9-15-4-7-18(10-20(15)29-19)30-23-25-22-21(31-23)3-2-8-24-22/h2-4,7-10,16-17H,5-6,11-13H2,1H3. The molecule has 2 unspecified atom stereocenters. The second-order valence-electron chi connectivity index (χ2n) is 8.31. The van der Waals surface area contributed by atoms with E-state index in [0.717, 1.165) is 53.9 Å². The number of ether oxygens (including phenoxy) is 1. The van der Waals surface area contributed by atoms with E-state index >= 15 is 0 Å². The zero-order chi connectivity index (χ0) is 20.9. The molecule has 31 heavy (non-hydrogen) atoms. The molecular formula is C23H22N4O3S. The Morgan fingerprint density at radius 3 is 2.94 bits per heavy atom. The highest BCUT2D eigenvalue weighted by molar-refractivity contribution is 7.20. The van der Waals surface area contributed by atoms with Crippen molar-refractivity contribution < 1.29 is 13.9 Å². The maximum Gasteiger partial charge on any atom is 0.281 e. The predicted octanol–water partition coefficient (Wildman–Crippen LogP) is 4.42. The monoisotopic (exact) mass is 434 g/mol. The van der Waals surface area contributed by atoms with Crippen LogP contribution in [0.25, 0.3) is 21.3 Å². The predicted molar refractivity (Wildman–Crippen MR) is 118 cm³/mol. The van der Waals surface area contributed by atoms with Crippen LogP contribution in [0.4, 0.5) is 0 Å². The molecule has 2 atom stereocenters. The van der Waals surface area contributed by atoms with Gasteiger partial charge in [-0.3, -0.25) is 9.69 Å². The van der Waals surface area contributed by atoms with E-state index in [4.69, 9.17) is 9.15 Å². The Kier molecular flexibility index (Phi) is 4.43. The van der Waals surface area contributed by atoms with Crippen LogP contribution in [-0.4, -0.2) is 50.8 Å². The van der Waals surface area contributed by atoms with E-state index in [9.17, 15) is 4.79 Å². The number of piperidine rings is 2. The Labute approximate surface area is 183 Å². The van der Waals surface area contributed by atoms with Gasteiger partial charge < -0.3 is 14.1 Å². The molecule has 4 aromatic rings. The van der Waals surface area contributed by atoms with Crippen LogP contribution in [0.3, 0.4) is 0 Å². The summed E-state index contributed by atoms with van der Waals surface area (Å²) in [5.41, 5.74) is 1.50. The molecule has 3 aromatic heterocycles. The molecule has 1 aromatic carbocycles. The number of aromatic nitrogens is 2. The number of thiazole rings is 1. The molecule has 7 nitrogen and oxygen atoms in total. The Hall–Kier alpha value is -2.97. The van der Waals surface area contributed by atoms with Gasteiger partial charge in [-0.2, -0.15) is 4.98 Å². The highest BCUT2D eigenvalue weighted by atomic mass is 32.1. The van der Waals surface area contributed by atoms with Crippen LogP contribution in [0, 0.1) is 0 Å². The number of rotatable bonds is 4. The SMILES string of the molecule is CC(=O)N1CC2CCC1CN2Cc1cc2ccc(Oc3nc4ncccc4s3)cc2o1. The number of piperazine rings is 1. The minimum absolute atomic E-state index is 0.189. The normalized spacial score (nSPS) is 21.3. The number of benzene rings is 1. The molecule has 0 radical (unpaired) electrons. The highest BCUT2D eigenvalue weighted by Gasteiger charge is 2.40. The third-order valence-electron chi connectivity index (χ3n) is 6.30. The van der Waals surface area contributed by atoms with E-state index in [0.29, 0.717) is 28.7 Å². The molecule has 3 aliphatic heterocycles. The second kappa shape index (κ2) is 7.32. The molecule has 0 saturated carbocycles. The first-order chi connectivity index (χ1) is 15.1. The second-order valence-corrected chi connectivity index (χ2v) is 9.30. The number of furan rings is 1. The quantitative estimate of drug-likeness (QED) is 0.473. The van der Waals surface area contributed by atoms with Gasteiger partial charge in [0.1, 0.15) is 17.1 Å². The van der Waals surface area contributed by atoms with E-state index in [1.54, 1.807) is 13.1 Å². The van der Waals surface area contributed by atoms with Crippen LogP contribution in [0.2, 0.25) is 0 Å². The van der Waals surface area contributed by atoms with Crippen molar-refractivity contribution in [3.05, 3.63) is 48.4 Å². The number of amides is 1. The fourth-order valence-electron chi connectivity index (χ4n) is 4.80. The maximum atomic E-state index is 11.9. The van der Waals surface area contributed by atoms with Crippen molar-refractivity contribution in [1.82, 2.24) is 19.8 Å². The van der Waals surface area contributed by atoms with Gasteiger partial charge in [-0.05, 0) is 43.2 Å². The summed E-state index contributed by atoms with van der Waals surface area (Å²) in [6.45, 7) is 4.19. The van der Waals surface area contributed by atoms with Crippen LogP contribution in [0.15, 0.2) is 47.0 Å². The van der Waals surface area contributed by atoms with Crippen molar-refractivity contribution in [1.29, 1.82) is 0 Å². The average molecular weight is 435 g/mol. The van der Waals surface area contributed by atoms with Crippen molar-refractivity contribution >= 4 is 38.6 Å². The molecule has 1 amide bonds. The Morgan fingerprint density at radius 1 is 1.23 bits per heavy atom. The Balaban J connectivity index is 1.19. The molecule has 0 N–H and O–H groups in total. The fourth-order valence-corrected chi connectivity index (χ4v) is 5.59. The van der Waals surface area contributed by atoms with Crippen molar-refractivity contribution in [2.24, 2.45) is 0 Å². The van der Waals surface area contributed by atoms with Gasteiger partial charge in [0.15, 0.2) is 5.65 Å². The largest absolute Gasteiger partial charge is 0.460 e. The van der Waals surface area contributed by atoms with Gasteiger partial charge in [-0.25, -0.2) is 4.98 Å². The zero-order valence-electron chi connectivity index (χ0n) is 17.2. The lowest BCUT2D eigenvalue weighted by atomic mass is 9.90. The summed E-state index contributed by atoms with van der Waals surface area (Å²) in [7, 11) is 0. The summed E-state index contributed by atoms with van der Waals surface area (Å²) < 4.78 is 13.1. The zero-order valence-corrected chi connectivity index (χ0v) is 18.0. The third kappa shape index (κ3) is 3.45. The first-order valence-corrected chi connectivity index (χ1v) is 11.4. The van der Waals surface area contributed by atoms with Crippen LogP contribution < -0.4 is 4.74 Å². The molecule has 2 bridgehead atoms. The molecule has 7 rings (SSSR count). The number of pyridine rings is 1. The first-order valence-electron chi connectivity index (χ1n) is 10.6. The summed E-state index contributed by atoms with van der Waals surface area (Å²) in [4.78, 5) is 25.0. The van der Waals surface area contributed by atoms with Crippen LogP contribution in [0.5, 0.6) is 10.9 Å². The van der Waals surface area contributed by atoms with Crippen LogP contribution in [-0.2, 0) is 11.3 Å². The van der Waals surface area contributed by atoms with E-state index in [-0.39, 0.29) is 5.91 Å². The molecule has 8 heteroatoms. The van der Waals surface area contributed by atoms with Gasteiger partial charge in [0.2, 0.25) is 5.91 Å². The summed E-state index contributed by atoms with van der Waals surface area (Å²) >= 11 is 1.47. The molecule has 158 valence electrons. The average Bonchev–Trinajstić information content (AvgIpc) is 3.36. The topological polar surface area (TPSA) is 71.7 Å². The van der Waals surface area contributed by atoms with Crippen molar-refractivity contribution in [2.45, 2.75) is 38.4 Å². The van der Waals surface area contributed by atoms with Crippen molar-refractivity contribution in [2.75, 3.05) is 13.1 Å². The van der Waals surface area contributed by atoms with Gasteiger partial charge in [0, 0.05) is 49.7 Å². The minimum Gasteiger partial charge on any atom is -0.460 e.